The lowest BCUT2D eigenvalue weighted by atomic mass is 10.1. The lowest BCUT2D eigenvalue weighted by Crippen LogP contribution is -2.32. The van der Waals surface area contributed by atoms with Crippen molar-refractivity contribution in [2.24, 2.45) is 5.73 Å². The zero-order valence-electron chi connectivity index (χ0n) is 17.9. The largest absolute Gasteiger partial charge is 0.482 e. The van der Waals surface area contributed by atoms with E-state index >= 15 is 0 Å². The standard InChI is InChI=1S/C22H26F3N3O4S/c23-22(24,25)15-32-20-10-9-18(33(30,31)28-11-3-1-2-4-12-28)13-19(20)27-14-16-5-7-17(8-6-16)21(26)29/h5-10,13,27H,1-4,11-12,14-15H2,(H2,26,29). The van der Waals surface area contributed by atoms with Gasteiger partial charge in [0.15, 0.2) is 6.61 Å². The molecule has 11 heteroatoms. The maximum Gasteiger partial charge on any atom is 0.422 e. The maximum absolute atomic E-state index is 13.1. The topological polar surface area (TPSA) is 102 Å². The second-order valence-electron chi connectivity index (χ2n) is 7.79. The predicted octanol–water partition coefficient (Wildman–Crippen LogP) is 3.90. The summed E-state index contributed by atoms with van der Waals surface area (Å²) in [4.78, 5) is 11.2. The maximum atomic E-state index is 13.1. The van der Waals surface area contributed by atoms with Gasteiger partial charge in [0.1, 0.15) is 5.75 Å². The van der Waals surface area contributed by atoms with Gasteiger partial charge in [-0.15, -0.1) is 0 Å². The summed E-state index contributed by atoms with van der Waals surface area (Å²) >= 11 is 0. The third-order valence-corrected chi connectivity index (χ3v) is 7.16. The molecule has 3 N–H and O–H groups in total. The molecule has 2 aromatic carbocycles. The molecule has 3 rings (SSSR count). The van der Waals surface area contributed by atoms with E-state index in [1.165, 1.54) is 34.6 Å². The number of ether oxygens (including phenoxy) is 1. The van der Waals surface area contributed by atoms with Crippen LogP contribution >= 0.6 is 0 Å². The minimum Gasteiger partial charge on any atom is -0.482 e. The molecule has 180 valence electrons. The minimum absolute atomic E-state index is 0.0182. The number of carbonyl (C=O) groups is 1. The van der Waals surface area contributed by atoms with Crippen molar-refractivity contribution in [2.45, 2.75) is 43.3 Å². The monoisotopic (exact) mass is 485 g/mol. The highest BCUT2D eigenvalue weighted by Gasteiger charge is 2.30. The Hall–Kier alpha value is -2.79. The lowest BCUT2D eigenvalue weighted by Gasteiger charge is -2.21. The molecule has 1 saturated heterocycles. The smallest absolute Gasteiger partial charge is 0.422 e. The van der Waals surface area contributed by atoms with Crippen LogP contribution in [0, 0.1) is 0 Å². The lowest BCUT2D eigenvalue weighted by molar-refractivity contribution is -0.153. The molecule has 0 spiro atoms. The molecular weight excluding hydrogens is 459 g/mol. The van der Waals surface area contributed by atoms with Crippen molar-refractivity contribution in [3.8, 4) is 5.75 Å². The number of anilines is 1. The zero-order chi connectivity index (χ0) is 24.1. The molecule has 0 atom stereocenters. The molecule has 0 aliphatic carbocycles. The van der Waals surface area contributed by atoms with Crippen LogP contribution in [0.25, 0.3) is 0 Å². The van der Waals surface area contributed by atoms with Crippen LogP contribution in [0.4, 0.5) is 18.9 Å². The Balaban J connectivity index is 1.86. The molecule has 0 unspecified atom stereocenters. The zero-order valence-corrected chi connectivity index (χ0v) is 18.7. The molecule has 1 fully saturated rings. The highest BCUT2D eigenvalue weighted by atomic mass is 32.2. The summed E-state index contributed by atoms with van der Waals surface area (Å²) in [6.45, 7) is -0.533. The SMILES string of the molecule is NC(=O)c1ccc(CNc2cc(S(=O)(=O)N3CCCCCC3)ccc2OCC(F)(F)F)cc1. The second-order valence-corrected chi connectivity index (χ2v) is 9.73. The number of halogens is 3. The first kappa shape index (κ1) is 24.8. The number of carbonyl (C=O) groups excluding carboxylic acids is 1. The minimum atomic E-state index is -4.54. The van der Waals surface area contributed by atoms with Gasteiger partial charge in [0, 0.05) is 25.2 Å². The van der Waals surface area contributed by atoms with Gasteiger partial charge in [0.05, 0.1) is 10.6 Å². The van der Waals surface area contributed by atoms with E-state index in [4.69, 9.17) is 10.5 Å². The molecule has 1 amide bonds. The van der Waals surface area contributed by atoms with Gasteiger partial charge in [0.25, 0.3) is 0 Å². The number of nitrogens with one attached hydrogen (secondary N) is 1. The third kappa shape index (κ3) is 6.84. The normalized spacial score (nSPS) is 15.6. The molecule has 1 heterocycles. The van der Waals surface area contributed by atoms with Crippen molar-refractivity contribution < 1.29 is 31.1 Å². The van der Waals surface area contributed by atoms with Gasteiger partial charge in [-0.3, -0.25) is 4.79 Å². The number of amides is 1. The highest BCUT2D eigenvalue weighted by Crippen LogP contribution is 2.31. The predicted molar refractivity (Wildman–Crippen MR) is 118 cm³/mol. The van der Waals surface area contributed by atoms with Crippen molar-refractivity contribution in [1.82, 2.24) is 4.31 Å². The summed E-state index contributed by atoms with van der Waals surface area (Å²) in [5.41, 5.74) is 6.37. The van der Waals surface area contributed by atoms with Crippen LogP contribution < -0.4 is 15.8 Å². The Morgan fingerprint density at radius 2 is 1.67 bits per heavy atom. The third-order valence-electron chi connectivity index (χ3n) is 5.27. The van der Waals surface area contributed by atoms with E-state index in [9.17, 15) is 26.4 Å². The number of nitrogens with two attached hydrogens (primary N) is 1. The average molecular weight is 486 g/mol. The van der Waals surface area contributed by atoms with E-state index in [1.54, 1.807) is 12.1 Å². The Labute approximate surface area is 190 Å². The van der Waals surface area contributed by atoms with Crippen LogP contribution in [-0.2, 0) is 16.6 Å². The Bertz CT molecular complexity index is 1070. The Morgan fingerprint density at radius 1 is 1.03 bits per heavy atom. The summed E-state index contributed by atoms with van der Waals surface area (Å²) in [5.74, 6) is -0.695. The summed E-state index contributed by atoms with van der Waals surface area (Å²) in [6.07, 6.45) is -1.11. The Morgan fingerprint density at radius 3 is 2.24 bits per heavy atom. The number of primary amides is 1. The summed E-state index contributed by atoms with van der Waals surface area (Å²) in [5, 5.41) is 2.95. The van der Waals surface area contributed by atoms with Crippen LogP contribution in [-0.4, -0.2) is 44.5 Å². The molecule has 1 aliphatic heterocycles. The first-order chi connectivity index (χ1) is 15.6. The first-order valence-electron chi connectivity index (χ1n) is 10.5. The van der Waals surface area contributed by atoms with Gasteiger partial charge in [0.2, 0.25) is 15.9 Å². The molecular formula is C22H26F3N3O4S. The molecule has 0 bridgehead atoms. The van der Waals surface area contributed by atoms with E-state index in [0.29, 0.717) is 24.2 Å². The molecule has 33 heavy (non-hydrogen) atoms. The number of hydrogen-bond acceptors (Lipinski definition) is 5. The number of alkyl halides is 3. The highest BCUT2D eigenvalue weighted by molar-refractivity contribution is 7.89. The Kier molecular flexibility index (Phi) is 7.85. The number of sulfonamides is 1. The van der Waals surface area contributed by atoms with Crippen LogP contribution in [0.15, 0.2) is 47.4 Å². The van der Waals surface area contributed by atoms with Gasteiger partial charge >= 0.3 is 6.18 Å². The molecule has 0 aromatic heterocycles. The van der Waals surface area contributed by atoms with Gasteiger partial charge in [-0.2, -0.15) is 17.5 Å². The molecule has 1 aliphatic rings. The summed E-state index contributed by atoms with van der Waals surface area (Å²) in [7, 11) is -3.80. The fourth-order valence-electron chi connectivity index (χ4n) is 3.51. The number of hydrogen-bond donors (Lipinski definition) is 2. The molecule has 0 radical (unpaired) electrons. The number of rotatable bonds is 8. The molecule has 2 aromatic rings. The summed E-state index contributed by atoms with van der Waals surface area (Å²) < 4.78 is 70.7. The first-order valence-corrected chi connectivity index (χ1v) is 12.0. The average Bonchev–Trinajstić information content (AvgIpc) is 3.06. The van der Waals surface area contributed by atoms with Crippen molar-refractivity contribution in [3.05, 3.63) is 53.6 Å². The second kappa shape index (κ2) is 10.4. The van der Waals surface area contributed by atoms with E-state index in [1.807, 2.05) is 0 Å². The van der Waals surface area contributed by atoms with Crippen LogP contribution in [0.2, 0.25) is 0 Å². The quantitative estimate of drug-likeness (QED) is 0.591. The van der Waals surface area contributed by atoms with E-state index in [-0.39, 0.29) is 22.9 Å². The van der Waals surface area contributed by atoms with Crippen molar-refractivity contribution >= 4 is 21.6 Å². The van der Waals surface area contributed by atoms with Crippen molar-refractivity contribution in [1.29, 1.82) is 0 Å². The fraction of sp³-hybridized carbons (Fsp3) is 0.409. The number of nitrogens with zero attached hydrogens (tertiary/aromatic N) is 1. The van der Waals surface area contributed by atoms with Gasteiger partial charge in [-0.1, -0.05) is 25.0 Å². The summed E-state index contributed by atoms with van der Waals surface area (Å²) in [6, 6.07) is 10.1. The fourth-order valence-corrected chi connectivity index (χ4v) is 5.05. The molecule has 0 saturated carbocycles. The van der Waals surface area contributed by atoms with E-state index < -0.39 is 28.7 Å². The van der Waals surface area contributed by atoms with Crippen molar-refractivity contribution in [2.75, 3.05) is 25.0 Å². The van der Waals surface area contributed by atoms with Crippen LogP contribution in [0.3, 0.4) is 0 Å². The number of benzene rings is 2. The van der Waals surface area contributed by atoms with Gasteiger partial charge in [-0.25, -0.2) is 8.42 Å². The van der Waals surface area contributed by atoms with Crippen LogP contribution in [0.1, 0.15) is 41.6 Å². The van der Waals surface area contributed by atoms with E-state index in [0.717, 1.165) is 25.7 Å². The van der Waals surface area contributed by atoms with Crippen LogP contribution in [0.5, 0.6) is 5.75 Å². The molecule has 7 nitrogen and oxygen atoms in total. The van der Waals surface area contributed by atoms with E-state index in [2.05, 4.69) is 5.32 Å². The van der Waals surface area contributed by atoms with Gasteiger partial charge < -0.3 is 15.8 Å². The van der Waals surface area contributed by atoms with Crippen molar-refractivity contribution in [3.63, 3.8) is 0 Å². The van der Waals surface area contributed by atoms with Gasteiger partial charge in [-0.05, 0) is 48.7 Å².